The van der Waals surface area contributed by atoms with Crippen molar-refractivity contribution in [3.05, 3.63) is 59.8 Å². The van der Waals surface area contributed by atoms with Gasteiger partial charge in [-0.2, -0.15) is 0 Å². The number of benzene rings is 1. The van der Waals surface area contributed by atoms with E-state index in [1.807, 2.05) is 13.8 Å². The van der Waals surface area contributed by atoms with Crippen molar-refractivity contribution in [2.75, 3.05) is 39.4 Å². The number of nitrogens with zero attached hydrogens (tertiary/aromatic N) is 2. The molecule has 1 N–H and O–H groups in total. The van der Waals surface area contributed by atoms with Gasteiger partial charge in [-0.1, -0.05) is 12.1 Å². The van der Waals surface area contributed by atoms with Crippen LogP contribution in [0.4, 0.5) is 4.39 Å². The van der Waals surface area contributed by atoms with Crippen LogP contribution < -0.4 is 0 Å². The lowest BCUT2D eigenvalue weighted by Crippen LogP contribution is -2.50. The number of aliphatic hydroxyl groups excluding tert-OH is 1. The van der Waals surface area contributed by atoms with Crippen LogP contribution in [-0.2, 0) is 16.0 Å². The van der Waals surface area contributed by atoms with Crippen molar-refractivity contribution < 1.29 is 28.2 Å². The van der Waals surface area contributed by atoms with E-state index in [0.29, 0.717) is 32.0 Å². The predicted octanol–water partition coefficient (Wildman–Crippen LogP) is 2.55. The minimum Gasteiger partial charge on any atom is -0.467 e. The summed E-state index contributed by atoms with van der Waals surface area (Å²) in [5.41, 5.74) is 0.0166. The quantitative estimate of drug-likeness (QED) is 0.620. The van der Waals surface area contributed by atoms with Crippen LogP contribution in [0.25, 0.3) is 0 Å². The number of carbonyl (C=O) groups is 1. The van der Waals surface area contributed by atoms with Crippen LogP contribution in [0.5, 0.6) is 0 Å². The average molecular weight is 435 g/mol. The summed E-state index contributed by atoms with van der Waals surface area (Å²) < 4.78 is 31.0. The first-order chi connectivity index (χ1) is 14.9. The van der Waals surface area contributed by atoms with Crippen LogP contribution in [0.1, 0.15) is 30.0 Å². The van der Waals surface area contributed by atoms with Crippen LogP contribution in [0.3, 0.4) is 0 Å². The van der Waals surface area contributed by atoms with Gasteiger partial charge in [0.15, 0.2) is 0 Å². The van der Waals surface area contributed by atoms with E-state index in [9.17, 15) is 14.3 Å². The van der Waals surface area contributed by atoms with Gasteiger partial charge in [0.25, 0.3) is 5.91 Å². The zero-order chi connectivity index (χ0) is 22.2. The van der Waals surface area contributed by atoms with Gasteiger partial charge >= 0.3 is 0 Å². The number of ether oxygens (including phenoxy) is 2. The Bertz CT molecular complexity index is 814. The second kappa shape index (κ2) is 11.4. The Kier molecular flexibility index (Phi) is 8.60. The lowest BCUT2D eigenvalue weighted by molar-refractivity contribution is -0.0634. The maximum atomic E-state index is 14.2. The topological polar surface area (TPSA) is 75.4 Å². The number of amides is 1. The maximum Gasteiger partial charge on any atom is 0.257 e. The minimum atomic E-state index is -0.597. The molecule has 2 aromatic rings. The Morgan fingerprint density at radius 3 is 2.84 bits per heavy atom. The monoisotopic (exact) mass is 434 g/mol. The third kappa shape index (κ3) is 7.14. The first-order valence-electron chi connectivity index (χ1n) is 10.6. The summed E-state index contributed by atoms with van der Waals surface area (Å²) in [4.78, 5) is 16.7. The lowest BCUT2D eigenvalue weighted by atomic mass is 10.1. The zero-order valence-corrected chi connectivity index (χ0v) is 18.1. The number of carbonyl (C=O) groups excluding carboxylic acids is 1. The summed E-state index contributed by atoms with van der Waals surface area (Å²) in [6.45, 7) is 6.82. The third-order valence-corrected chi connectivity index (χ3v) is 5.06. The number of furan rings is 1. The van der Waals surface area contributed by atoms with Crippen LogP contribution in [-0.4, -0.2) is 78.5 Å². The van der Waals surface area contributed by atoms with Crippen LogP contribution in [0.2, 0.25) is 0 Å². The zero-order valence-electron chi connectivity index (χ0n) is 18.1. The molecule has 1 amide bonds. The normalized spacial score (nSPS) is 18.3. The Hall–Kier alpha value is -2.26. The molecule has 7 nitrogen and oxygen atoms in total. The molecular weight excluding hydrogens is 403 g/mol. The van der Waals surface area contributed by atoms with Crippen molar-refractivity contribution in [1.29, 1.82) is 0 Å². The molecule has 2 heterocycles. The van der Waals surface area contributed by atoms with Crippen LogP contribution in [0, 0.1) is 5.82 Å². The molecule has 0 spiro atoms. The Balaban J connectivity index is 1.64. The van der Waals surface area contributed by atoms with Crippen molar-refractivity contribution in [2.24, 2.45) is 0 Å². The van der Waals surface area contributed by atoms with Gasteiger partial charge in [0.05, 0.1) is 49.9 Å². The van der Waals surface area contributed by atoms with Crippen molar-refractivity contribution in [3.63, 3.8) is 0 Å². The molecule has 8 heteroatoms. The summed E-state index contributed by atoms with van der Waals surface area (Å²) >= 11 is 0. The Morgan fingerprint density at radius 2 is 2.13 bits per heavy atom. The van der Waals surface area contributed by atoms with E-state index >= 15 is 0 Å². The number of halogens is 1. The van der Waals surface area contributed by atoms with Crippen molar-refractivity contribution >= 4 is 5.91 Å². The number of morpholine rings is 1. The minimum absolute atomic E-state index is 0.0166. The van der Waals surface area contributed by atoms with Gasteiger partial charge in [-0.15, -0.1) is 0 Å². The van der Waals surface area contributed by atoms with Gasteiger partial charge in [0.1, 0.15) is 11.6 Å². The molecule has 31 heavy (non-hydrogen) atoms. The summed E-state index contributed by atoms with van der Waals surface area (Å²) in [6.07, 6.45) is 0.741. The van der Waals surface area contributed by atoms with Crippen LogP contribution in [0.15, 0.2) is 47.1 Å². The van der Waals surface area contributed by atoms with Gasteiger partial charge in [-0.25, -0.2) is 4.39 Å². The van der Waals surface area contributed by atoms with Gasteiger partial charge in [-0.3, -0.25) is 9.69 Å². The number of rotatable bonds is 10. The van der Waals surface area contributed by atoms with E-state index in [1.54, 1.807) is 35.4 Å². The largest absolute Gasteiger partial charge is 0.467 e. The van der Waals surface area contributed by atoms with Crippen molar-refractivity contribution in [2.45, 2.75) is 38.7 Å². The summed E-state index contributed by atoms with van der Waals surface area (Å²) in [6, 6.07) is 9.48. The number of aliphatic hydroxyl groups is 1. The number of β-amino-alcohol motifs (C(OH)–C–C–N with tert-alkyl or cyclic N) is 1. The van der Waals surface area contributed by atoms with Gasteiger partial charge in [-0.05, 0) is 38.1 Å². The summed E-state index contributed by atoms with van der Waals surface area (Å²) in [7, 11) is 0. The first-order valence-corrected chi connectivity index (χ1v) is 10.6. The molecule has 2 atom stereocenters. The van der Waals surface area contributed by atoms with E-state index in [4.69, 9.17) is 13.9 Å². The molecule has 1 saturated heterocycles. The molecule has 1 aromatic carbocycles. The van der Waals surface area contributed by atoms with Crippen molar-refractivity contribution in [1.82, 2.24) is 9.80 Å². The average Bonchev–Trinajstić information content (AvgIpc) is 3.25. The fourth-order valence-electron chi connectivity index (χ4n) is 3.57. The highest BCUT2D eigenvalue weighted by Gasteiger charge is 2.28. The molecule has 1 aliphatic rings. The fraction of sp³-hybridized carbons (Fsp3) is 0.522. The highest BCUT2D eigenvalue weighted by molar-refractivity contribution is 5.94. The molecule has 0 radical (unpaired) electrons. The van der Waals surface area contributed by atoms with Crippen LogP contribution >= 0.6 is 0 Å². The lowest BCUT2D eigenvalue weighted by Gasteiger charge is -2.36. The van der Waals surface area contributed by atoms with E-state index in [1.165, 1.54) is 12.1 Å². The molecule has 170 valence electrons. The summed E-state index contributed by atoms with van der Waals surface area (Å²) in [5.74, 6) is -0.365. The highest BCUT2D eigenvalue weighted by Crippen LogP contribution is 2.16. The molecule has 0 aliphatic carbocycles. The van der Waals surface area contributed by atoms with Gasteiger partial charge in [0.2, 0.25) is 0 Å². The fourth-order valence-corrected chi connectivity index (χ4v) is 3.57. The second-order valence-corrected chi connectivity index (χ2v) is 8.03. The van der Waals surface area contributed by atoms with E-state index < -0.39 is 17.8 Å². The Morgan fingerprint density at radius 1 is 1.32 bits per heavy atom. The molecule has 1 fully saturated rings. The number of hydrogen-bond donors (Lipinski definition) is 1. The standard InChI is InChI=1S/C23H31FN2O5/c1-17(2)31-16-18(27)12-25-9-11-30-20(13-25)15-26(14-19-6-5-10-29-19)23(28)21-7-3-4-8-22(21)24/h3-8,10,17-18,20,27H,9,11-16H2,1-2H3. The molecule has 1 aromatic heterocycles. The van der Waals surface area contributed by atoms with E-state index in [2.05, 4.69) is 4.90 Å². The smallest absolute Gasteiger partial charge is 0.257 e. The molecule has 0 bridgehead atoms. The van der Waals surface area contributed by atoms with Gasteiger partial charge in [0, 0.05) is 26.2 Å². The highest BCUT2D eigenvalue weighted by atomic mass is 19.1. The third-order valence-electron chi connectivity index (χ3n) is 5.06. The van der Waals surface area contributed by atoms with E-state index in [-0.39, 0.29) is 37.5 Å². The number of hydrogen-bond acceptors (Lipinski definition) is 6. The van der Waals surface area contributed by atoms with Crippen molar-refractivity contribution in [3.8, 4) is 0 Å². The molecule has 2 unspecified atom stereocenters. The second-order valence-electron chi connectivity index (χ2n) is 8.03. The predicted molar refractivity (Wildman–Crippen MR) is 113 cm³/mol. The molecule has 0 saturated carbocycles. The molecular formula is C23H31FN2O5. The molecule has 1 aliphatic heterocycles. The first kappa shape index (κ1) is 23.4. The molecule has 3 rings (SSSR count). The SMILES string of the molecule is CC(C)OCC(O)CN1CCOC(CN(Cc2ccco2)C(=O)c2ccccc2F)C1. The Labute approximate surface area is 182 Å². The van der Waals surface area contributed by atoms with Gasteiger partial charge < -0.3 is 23.9 Å². The maximum absolute atomic E-state index is 14.2. The summed E-state index contributed by atoms with van der Waals surface area (Å²) in [5, 5.41) is 10.2. The van der Waals surface area contributed by atoms with E-state index in [0.717, 1.165) is 0 Å².